The zero-order valence-corrected chi connectivity index (χ0v) is 39.5. The molecule has 0 aliphatic rings. The van der Waals surface area contributed by atoms with Crippen LogP contribution in [0.25, 0.3) is 0 Å². The molecule has 0 spiro atoms. The maximum Gasteiger partial charge on any atom is 0.306 e. The van der Waals surface area contributed by atoms with Crippen LogP contribution in [0.3, 0.4) is 0 Å². The third-order valence-corrected chi connectivity index (χ3v) is 11.8. The van der Waals surface area contributed by atoms with E-state index in [1.54, 1.807) is 0 Å². The number of rotatable bonds is 47. The summed E-state index contributed by atoms with van der Waals surface area (Å²) in [5, 5.41) is 0. The lowest BCUT2D eigenvalue weighted by molar-refractivity contribution is -0.167. The van der Waals surface area contributed by atoms with E-state index in [1.165, 1.54) is 186 Å². The SMILES string of the molecule is CCCCCCCCCCCCCCCCC(=O)O[C@H](COC(=O)CCCCCCCCCCCC)COC(=O)CCCCCCCCCCCCCCCC(C)C. The molecule has 0 aromatic rings. The summed E-state index contributed by atoms with van der Waals surface area (Å²) in [6.07, 6.45) is 48.0. The fraction of sp³-hybridized carbons (Fsp3) is 0.942. The summed E-state index contributed by atoms with van der Waals surface area (Å²) >= 11 is 0. The van der Waals surface area contributed by atoms with Crippen molar-refractivity contribution in [1.29, 1.82) is 0 Å². The summed E-state index contributed by atoms with van der Waals surface area (Å²) < 4.78 is 16.8. The van der Waals surface area contributed by atoms with E-state index < -0.39 is 6.10 Å². The Labute approximate surface area is 361 Å². The minimum absolute atomic E-state index is 0.0627. The van der Waals surface area contributed by atoms with Crippen LogP contribution in [0.2, 0.25) is 0 Å². The van der Waals surface area contributed by atoms with E-state index in [9.17, 15) is 14.4 Å². The molecule has 6 heteroatoms. The maximum atomic E-state index is 12.8. The van der Waals surface area contributed by atoms with Gasteiger partial charge in [-0.25, -0.2) is 0 Å². The van der Waals surface area contributed by atoms with Crippen LogP contribution < -0.4 is 0 Å². The van der Waals surface area contributed by atoms with Crippen LogP contribution in [-0.2, 0) is 28.6 Å². The second-order valence-electron chi connectivity index (χ2n) is 18.3. The number of esters is 3. The monoisotopic (exact) mass is 821 g/mol. The van der Waals surface area contributed by atoms with Crippen molar-refractivity contribution in [2.75, 3.05) is 13.2 Å². The molecule has 0 radical (unpaired) electrons. The van der Waals surface area contributed by atoms with Gasteiger partial charge in [0.15, 0.2) is 6.10 Å². The first-order valence-corrected chi connectivity index (χ1v) is 25.9. The van der Waals surface area contributed by atoms with Gasteiger partial charge in [0.25, 0.3) is 0 Å². The first kappa shape index (κ1) is 56.4. The van der Waals surface area contributed by atoms with Crippen molar-refractivity contribution in [3.8, 4) is 0 Å². The molecule has 1 atom stereocenters. The topological polar surface area (TPSA) is 78.9 Å². The van der Waals surface area contributed by atoms with Gasteiger partial charge in [-0.05, 0) is 25.2 Å². The Bertz CT molecular complexity index is 872. The number of ether oxygens (including phenoxy) is 3. The average Bonchev–Trinajstić information content (AvgIpc) is 3.21. The molecular formula is C52H100O6. The van der Waals surface area contributed by atoms with Crippen molar-refractivity contribution in [2.45, 2.75) is 297 Å². The molecule has 58 heavy (non-hydrogen) atoms. The molecule has 0 aliphatic heterocycles. The molecule has 0 unspecified atom stereocenters. The summed E-state index contributed by atoms with van der Waals surface area (Å²) in [7, 11) is 0. The molecule has 0 aromatic carbocycles. The molecule has 0 aliphatic carbocycles. The van der Waals surface area contributed by atoms with Crippen LogP contribution in [0.1, 0.15) is 291 Å². The lowest BCUT2D eigenvalue weighted by atomic mass is 10.0. The highest BCUT2D eigenvalue weighted by molar-refractivity contribution is 5.71. The van der Waals surface area contributed by atoms with Crippen molar-refractivity contribution < 1.29 is 28.6 Å². The van der Waals surface area contributed by atoms with Crippen LogP contribution in [0.4, 0.5) is 0 Å². The third kappa shape index (κ3) is 45.5. The van der Waals surface area contributed by atoms with Gasteiger partial charge in [-0.15, -0.1) is 0 Å². The third-order valence-electron chi connectivity index (χ3n) is 11.8. The summed E-state index contributed by atoms with van der Waals surface area (Å²) in [4.78, 5) is 37.9. The Balaban J connectivity index is 4.28. The fourth-order valence-corrected chi connectivity index (χ4v) is 7.86. The second kappa shape index (κ2) is 46.5. The van der Waals surface area contributed by atoms with Gasteiger partial charge in [0.2, 0.25) is 0 Å². The summed E-state index contributed by atoms with van der Waals surface area (Å²) in [5.74, 6) is -0.00532. The van der Waals surface area contributed by atoms with Crippen LogP contribution in [0, 0.1) is 5.92 Å². The van der Waals surface area contributed by atoms with E-state index in [2.05, 4.69) is 27.7 Å². The lowest BCUT2D eigenvalue weighted by Crippen LogP contribution is -2.30. The zero-order chi connectivity index (χ0) is 42.4. The molecule has 0 rings (SSSR count). The summed E-state index contributed by atoms with van der Waals surface area (Å²) in [6, 6.07) is 0. The molecule has 6 nitrogen and oxygen atoms in total. The Morgan fingerprint density at radius 1 is 0.328 bits per heavy atom. The summed E-state index contributed by atoms with van der Waals surface area (Å²) in [6.45, 7) is 9.02. The van der Waals surface area contributed by atoms with Crippen molar-refractivity contribution in [3.63, 3.8) is 0 Å². The molecule has 0 fully saturated rings. The molecule has 0 saturated carbocycles. The highest BCUT2D eigenvalue weighted by Gasteiger charge is 2.19. The molecular weight excluding hydrogens is 721 g/mol. The quantitative estimate of drug-likeness (QED) is 0.0346. The minimum Gasteiger partial charge on any atom is -0.462 e. The highest BCUT2D eigenvalue weighted by Crippen LogP contribution is 2.17. The van der Waals surface area contributed by atoms with Gasteiger partial charge in [0.1, 0.15) is 13.2 Å². The van der Waals surface area contributed by atoms with Crippen LogP contribution in [-0.4, -0.2) is 37.2 Å². The first-order valence-electron chi connectivity index (χ1n) is 25.9. The Morgan fingerprint density at radius 3 is 0.845 bits per heavy atom. The van der Waals surface area contributed by atoms with Crippen molar-refractivity contribution in [1.82, 2.24) is 0 Å². The van der Waals surface area contributed by atoms with Gasteiger partial charge >= 0.3 is 17.9 Å². The molecule has 0 aromatic heterocycles. The first-order chi connectivity index (χ1) is 28.4. The van der Waals surface area contributed by atoms with E-state index in [-0.39, 0.29) is 31.1 Å². The molecule has 0 amide bonds. The van der Waals surface area contributed by atoms with Crippen LogP contribution in [0.5, 0.6) is 0 Å². The minimum atomic E-state index is -0.760. The molecule has 0 bridgehead atoms. The standard InChI is InChI=1S/C52H100O6/c1-5-7-9-11-13-15-17-18-21-25-29-33-37-41-45-52(55)58-49(46-56-50(53)43-39-35-31-27-16-14-12-10-8-6-2)47-57-51(54)44-40-36-32-28-24-22-19-20-23-26-30-34-38-42-48(3)4/h48-49H,5-47H2,1-4H3/t49-/m1/s1. The van der Waals surface area contributed by atoms with E-state index in [0.29, 0.717) is 19.3 Å². The summed E-state index contributed by atoms with van der Waals surface area (Å²) in [5.41, 5.74) is 0. The fourth-order valence-electron chi connectivity index (χ4n) is 7.86. The Hall–Kier alpha value is -1.59. The van der Waals surface area contributed by atoms with Crippen molar-refractivity contribution in [3.05, 3.63) is 0 Å². The molecule has 344 valence electrons. The number of hydrogen-bond donors (Lipinski definition) is 0. The van der Waals surface area contributed by atoms with E-state index in [4.69, 9.17) is 14.2 Å². The van der Waals surface area contributed by atoms with Gasteiger partial charge < -0.3 is 14.2 Å². The molecule has 0 N–H and O–H groups in total. The van der Waals surface area contributed by atoms with Gasteiger partial charge in [0, 0.05) is 19.3 Å². The molecule has 0 saturated heterocycles. The normalized spacial score (nSPS) is 11.9. The zero-order valence-electron chi connectivity index (χ0n) is 39.5. The Kier molecular flexibility index (Phi) is 45.2. The van der Waals surface area contributed by atoms with Gasteiger partial charge in [-0.2, -0.15) is 0 Å². The van der Waals surface area contributed by atoms with E-state index in [1.807, 2.05) is 0 Å². The van der Waals surface area contributed by atoms with Gasteiger partial charge in [-0.1, -0.05) is 252 Å². The number of carbonyl (C=O) groups excluding carboxylic acids is 3. The Morgan fingerprint density at radius 2 is 0.569 bits per heavy atom. The van der Waals surface area contributed by atoms with Gasteiger partial charge in [-0.3, -0.25) is 14.4 Å². The maximum absolute atomic E-state index is 12.8. The molecule has 0 heterocycles. The number of unbranched alkanes of at least 4 members (excludes halogenated alkanes) is 34. The highest BCUT2D eigenvalue weighted by atomic mass is 16.6. The van der Waals surface area contributed by atoms with Gasteiger partial charge in [0.05, 0.1) is 0 Å². The smallest absolute Gasteiger partial charge is 0.306 e. The van der Waals surface area contributed by atoms with Crippen LogP contribution in [0.15, 0.2) is 0 Å². The van der Waals surface area contributed by atoms with Crippen molar-refractivity contribution >= 4 is 17.9 Å². The number of hydrogen-bond acceptors (Lipinski definition) is 6. The van der Waals surface area contributed by atoms with Crippen LogP contribution >= 0.6 is 0 Å². The predicted molar refractivity (Wildman–Crippen MR) is 247 cm³/mol. The largest absolute Gasteiger partial charge is 0.462 e. The second-order valence-corrected chi connectivity index (χ2v) is 18.3. The average molecular weight is 821 g/mol. The lowest BCUT2D eigenvalue weighted by Gasteiger charge is -2.18. The van der Waals surface area contributed by atoms with E-state index >= 15 is 0 Å². The van der Waals surface area contributed by atoms with E-state index in [0.717, 1.165) is 63.7 Å². The van der Waals surface area contributed by atoms with Crippen molar-refractivity contribution in [2.24, 2.45) is 5.92 Å². The predicted octanol–water partition coefficient (Wildman–Crippen LogP) is 16.7. The number of carbonyl (C=O) groups is 3.